The lowest BCUT2D eigenvalue weighted by molar-refractivity contribution is 0.303. The number of hydrogen-bond acceptors (Lipinski definition) is 2. The number of para-hydroxylation sites is 1. The van der Waals surface area contributed by atoms with Crippen LogP contribution in [0.1, 0.15) is 11.1 Å². The molecule has 0 aromatic heterocycles. The molecule has 0 bridgehead atoms. The summed E-state index contributed by atoms with van der Waals surface area (Å²) < 4.78 is 18.4. The fourth-order valence-corrected chi connectivity index (χ4v) is 1.55. The zero-order valence-corrected chi connectivity index (χ0v) is 9.40. The molecule has 17 heavy (non-hydrogen) atoms. The Balaban J connectivity index is 2.04. The fourth-order valence-electron chi connectivity index (χ4n) is 1.55. The molecule has 0 radical (unpaired) electrons. The van der Waals surface area contributed by atoms with Gasteiger partial charge in [-0.3, -0.25) is 0 Å². The van der Waals surface area contributed by atoms with Crippen LogP contribution in [0.25, 0.3) is 0 Å². The van der Waals surface area contributed by atoms with Crippen LogP contribution in [0, 0.1) is 5.82 Å². The molecule has 0 fully saturated rings. The van der Waals surface area contributed by atoms with Crippen LogP contribution >= 0.6 is 0 Å². The van der Waals surface area contributed by atoms with Crippen molar-refractivity contribution in [2.45, 2.75) is 13.2 Å². The first-order valence-corrected chi connectivity index (χ1v) is 5.45. The first-order chi connectivity index (χ1) is 8.29. The molecule has 0 unspecified atom stereocenters. The monoisotopic (exact) mass is 231 g/mol. The highest BCUT2D eigenvalue weighted by Gasteiger charge is 2.01. The van der Waals surface area contributed by atoms with E-state index in [1.807, 2.05) is 24.3 Å². The minimum atomic E-state index is -0.240. The summed E-state index contributed by atoms with van der Waals surface area (Å²) in [4.78, 5) is 0. The average Bonchev–Trinajstić information content (AvgIpc) is 2.38. The summed E-state index contributed by atoms with van der Waals surface area (Å²) in [6.45, 7) is 0.858. The molecule has 2 N–H and O–H groups in total. The van der Waals surface area contributed by atoms with Crippen LogP contribution in [-0.4, -0.2) is 0 Å². The zero-order valence-electron chi connectivity index (χ0n) is 9.40. The lowest BCUT2D eigenvalue weighted by Gasteiger charge is -2.10. The standard InChI is InChI=1S/C14H14FNO/c15-13-7-5-11(6-8-13)10-17-14-4-2-1-3-12(14)9-16/h1-8H,9-10,16H2. The van der Waals surface area contributed by atoms with Crippen molar-refractivity contribution in [3.63, 3.8) is 0 Å². The van der Waals surface area contributed by atoms with Gasteiger partial charge in [0.25, 0.3) is 0 Å². The molecule has 0 atom stereocenters. The molecule has 0 amide bonds. The van der Waals surface area contributed by atoms with Gasteiger partial charge in [-0.05, 0) is 23.8 Å². The van der Waals surface area contributed by atoms with Crippen molar-refractivity contribution in [3.05, 3.63) is 65.5 Å². The van der Waals surface area contributed by atoms with Crippen molar-refractivity contribution in [1.82, 2.24) is 0 Å². The Kier molecular flexibility index (Phi) is 3.73. The van der Waals surface area contributed by atoms with E-state index in [2.05, 4.69) is 0 Å². The largest absolute Gasteiger partial charge is 0.489 e. The summed E-state index contributed by atoms with van der Waals surface area (Å²) in [5, 5.41) is 0. The molecule has 0 aliphatic heterocycles. The van der Waals surface area contributed by atoms with Gasteiger partial charge in [-0.2, -0.15) is 0 Å². The molecule has 0 heterocycles. The number of ether oxygens (including phenoxy) is 1. The summed E-state index contributed by atoms with van der Waals surface area (Å²) in [5.74, 6) is 0.537. The van der Waals surface area contributed by atoms with Gasteiger partial charge in [0.15, 0.2) is 0 Å². The molecule has 2 rings (SSSR count). The van der Waals surface area contributed by atoms with Gasteiger partial charge in [0.2, 0.25) is 0 Å². The Morgan fingerprint density at radius 2 is 1.71 bits per heavy atom. The Bertz CT molecular complexity index is 482. The van der Waals surface area contributed by atoms with Crippen molar-refractivity contribution in [2.24, 2.45) is 5.73 Å². The molecule has 0 spiro atoms. The van der Waals surface area contributed by atoms with Crippen LogP contribution < -0.4 is 10.5 Å². The predicted molar refractivity (Wildman–Crippen MR) is 65.1 cm³/mol. The van der Waals surface area contributed by atoms with E-state index in [0.717, 1.165) is 16.9 Å². The predicted octanol–water partition coefficient (Wildman–Crippen LogP) is 2.86. The third-order valence-electron chi connectivity index (χ3n) is 2.50. The molecule has 0 saturated heterocycles. The molecule has 3 heteroatoms. The fraction of sp³-hybridized carbons (Fsp3) is 0.143. The molecular formula is C14H14FNO. The highest BCUT2D eigenvalue weighted by molar-refractivity contribution is 5.33. The number of benzene rings is 2. The van der Waals surface area contributed by atoms with Crippen LogP contribution in [0.5, 0.6) is 5.75 Å². The third-order valence-corrected chi connectivity index (χ3v) is 2.50. The Labute approximate surface area is 99.8 Å². The van der Waals surface area contributed by atoms with Crippen LogP contribution in [0.2, 0.25) is 0 Å². The average molecular weight is 231 g/mol. The number of rotatable bonds is 4. The summed E-state index contributed by atoms with van der Waals surface area (Å²) in [5.41, 5.74) is 7.51. The number of hydrogen-bond donors (Lipinski definition) is 1. The number of nitrogens with two attached hydrogens (primary N) is 1. The van der Waals surface area contributed by atoms with Gasteiger partial charge in [-0.25, -0.2) is 4.39 Å². The van der Waals surface area contributed by atoms with Crippen molar-refractivity contribution >= 4 is 0 Å². The van der Waals surface area contributed by atoms with Crippen LogP contribution in [-0.2, 0) is 13.2 Å². The van der Waals surface area contributed by atoms with E-state index < -0.39 is 0 Å². The summed E-state index contributed by atoms with van der Waals surface area (Å²) in [6, 6.07) is 13.9. The highest BCUT2D eigenvalue weighted by Crippen LogP contribution is 2.18. The van der Waals surface area contributed by atoms with E-state index >= 15 is 0 Å². The minimum absolute atomic E-state index is 0.240. The lowest BCUT2D eigenvalue weighted by Crippen LogP contribution is -2.02. The number of halogens is 1. The van der Waals surface area contributed by atoms with Gasteiger partial charge in [0.05, 0.1) is 0 Å². The Hall–Kier alpha value is -1.87. The maximum atomic E-state index is 12.7. The van der Waals surface area contributed by atoms with Crippen molar-refractivity contribution in [3.8, 4) is 5.75 Å². The van der Waals surface area contributed by atoms with E-state index in [-0.39, 0.29) is 5.82 Å². The van der Waals surface area contributed by atoms with Crippen LogP contribution in [0.15, 0.2) is 48.5 Å². The van der Waals surface area contributed by atoms with Gasteiger partial charge in [0.1, 0.15) is 18.2 Å². The summed E-state index contributed by atoms with van der Waals surface area (Å²) in [7, 11) is 0. The van der Waals surface area contributed by atoms with E-state index in [4.69, 9.17) is 10.5 Å². The smallest absolute Gasteiger partial charge is 0.124 e. The lowest BCUT2D eigenvalue weighted by atomic mass is 10.2. The molecule has 88 valence electrons. The van der Waals surface area contributed by atoms with Gasteiger partial charge in [-0.1, -0.05) is 30.3 Å². The maximum absolute atomic E-state index is 12.7. The van der Waals surface area contributed by atoms with Crippen LogP contribution in [0.3, 0.4) is 0 Å². The van der Waals surface area contributed by atoms with Gasteiger partial charge in [-0.15, -0.1) is 0 Å². The SMILES string of the molecule is NCc1ccccc1OCc1ccc(F)cc1. The molecule has 0 saturated carbocycles. The molecule has 0 aliphatic rings. The molecule has 0 aliphatic carbocycles. The van der Waals surface area contributed by atoms with Crippen LogP contribution in [0.4, 0.5) is 4.39 Å². The first kappa shape index (κ1) is 11.6. The Morgan fingerprint density at radius 3 is 2.41 bits per heavy atom. The second-order valence-electron chi connectivity index (χ2n) is 3.73. The Morgan fingerprint density at radius 1 is 1.00 bits per heavy atom. The summed E-state index contributed by atoms with van der Waals surface area (Å²) >= 11 is 0. The van der Waals surface area contributed by atoms with E-state index in [1.165, 1.54) is 12.1 Å². The second-order valence-corrected chi connectivity index (χ2v) is 3.73. The quantitative estimate of drug-likeness (QED) is 0.878. The third kappa shape index (κ3) is 3.04. The van der Waals surface area contributed by atoms with Crippen molar-refractivity contribution in [1.29, 1.82) is 0 Å². The van der Waals surface area contributed by atoms with E-state index in [0.29, 0.717) is 13.2 Å². The summed E-state index contributed by atoms with van der Waals surface area (Å²) in [6.07, 6.45) is 0. The topological polar surface area (TPSA) is 35.2 Å². The molecule has 2 nitrogen and oxygen atoms in total. The zero-order chi connectivity index (χ0) is 12.1. The second kappa shape index (κ2) is 5.46. The van der Waals surface area contributed by atoms with E-state index in [1.54, 1.807) is 12.1 Å². The van der Waals surface area contributed by atoms with Crippen molar-refractivity contribution < 1.29 is 9.13 Å². The van der Waals surface area contributed by atoms with Crippen molar-refractivity contribution in [2.75, 3.05) is 0 Å². The van der Waals surface area contributed by atoms with Gasteiger partial charge < -0.3 is 10.5 Å². The minimum Gasteiger partial charge on any atom is -0.489 e. The highest BCUT2D eigenvalue weighted by atomic mass is 19.1. The maximum Gasteiger partial charge on any atom is 0.124 e. The molecule has 2 aromatic carbocycles. The van der Waals surface area contributed by atoms with Gasteiger partial charge in [0, 0.05) is 12.1 Å². The normalized spacial score (nSPS) is 10.2. The molecular weight excluding hydrogens is 217 g/mol. The van der Waals surface area contributed by atoms with E-state index in [9.17, 15) is 4.39 Å². The van der Waals surface area contributed by atoms with Gasteiger partial charge >= 0.3 is 0 Å². The first-order valence-electron chi connectivity index (χ1n) is 5.45. The molecule has 2 aromatic rings.